The molecule has 1 rings (SSSR count). The summed E-state index contributed by atoms with van der Waals surface area (Å²) in [7, 11) is 0. The molecule has 15 heteroatoms. The van der Waals surface area contributed by atoms with Crippen LogP contribution in [-0.2, 0) is 65.3 Å². The summed E-state index contributed by atoms with van der Waals surface area (Å²) in [6, 6.07) is 0. The molecule has 1 aromatic rings. The molecule has 0 bridgehead atoms. The fourth-order valence-electron chi connectivity index (χ4n) is 3.36. The SMILES string of the molecule is CC(C)(C)CCOCCOCCOCCOCCOCCOCCOCCOCCOCCOCCOCCn1cc(CO)nn1. The van der Waals surface area contributed by atoms with Gasteiger partial charge >= 0.3 is 0 Å². The van der Waals surface area contributed by atoms with E-state index < -0.39 is 0 Å². The van der Waals surface area contributed by atoms with Crippen molar-refractivity contribution in [1.29, 1.82) is 0 Å². The Hall–Kier alpha value is -1.34. The molecule has 0 saturated heterocycles. The van der Waals surface area contributed by atoms with Gasteiger partial charge in [-0.15, -0.1) is 5.10 Å². The lowest BCUT2D eigenvalue weighted by atomic mass is 9.93. The van der Waals surface area contributed by atoms with Crippen molar-refractivity contribution in [2.75, 3.05) is 145 Å². The molecule has 0 aliphatic carbocycles. The number of hydrogen-bond acceptors (Lipinski definition) is 14. The quantitative estimate of drug-likeness (QED) is 0.103. The van der Waals surface area contributed by atoms with E-state index in [-0.39, 0.29) is 6.61 Å². The van der Waals surface area contributed by atoms with Gasteiger partial charge in [-0.25, -0.2) is 4.68 Å². The van der Waals surface area contributed by atoms with E-state index >= 15 is 0 Å². The van der Waals surface area contributed by atoms with Crippen LogP contribution in [0.1, 0.15) is 32.9 Å². The van der Waals surface area contributed by atoms with Gasteiger partial charge in [-0.3, -0.25) is 0 Å². The van der Waals surface area contributed by atoms with Crippen molar-refractivity contribution < 1.29 is 57.2 Å². The van der Waals surface area contributed by atoms with E-state index in [0.29, 0.717) is 156 Å². The van der Waals surface area contributed by atoms with Crippen LogP contribution in [0.15, 0.2) is 6.20 Å². The highest BCUT2D eigenvalue weighted by atomic mass is 16.6. The van der Waals surface area contributed by atoms with Crippen molar-refractivity contribution >= 4 is 0 Å². The van der Waals surface area contributed by atoms with Gasteiger partial charge in [0.1, 0.15) is 5.69 Å². The number of nitrogens with zero attached hydrogens (tertiary/aromatic N) is 3. The molecule has 0 aliphatic heterocycles. The lowest BCUT2D eigenvalue weighted by Crippen LogP contribution is -2.15. The van der Waals surface area contributed by atoms with Crippen LogP contribution in [0.4, 0.5) is 0 Å². The fraction of sp³-hybridized carbons (Fsp3) is 0.935. The molecule has 0 radical (unpaired) electrons. The van der Waals surface area contributed by atoms with Crippen molar-refractivity contribution in [3.8, 4) is 0 Å². The van der Waals surface area contributed by atoms with E-state index in [1.807, 2.05) is 0 Å². The molecule has 1 N–H and O–H groups in total. The van der Waals surface area contributed by atoms with Crippen molar-refractivity contribution in [3.05, 3.63) is 11.9 Å². The van der Waals surface area contributed by atoms with Gasteiger partial charge in [0.2, 0.25) is 0 Å². The molecule has 0 amide bonds. The van der Waals surface area contributed by atoms with Crippen LogP contribution in [0, 0.1) is 5.41 Å². The van der Waals surface area contributed by atoms with Gasteiger partial charge in [0.25, 0.3) is 0 Å². The first-order valence-electron chi connectivity index (χ1n) is 16.4. The van der Waals surface area contributed by atoms with Crippen LogP contribution in [0.25, 0.3) is 0 Å². The number of hydrogen-bond donors (Lipinski definition) is 1. The van der Waals surface area contributed by atoms with Gasteiger partial charge in [-0.1, -0.05) is 26.0 Å². The zero-order valence-corrected chi connectivity index (χ0v) is 28.5. The molecular formula is C31H61N3O12. The van der Waals surface area contributed by atoms with Crippen LogP contribution >= 0.6 is 0 Å². The Morgan fingerprint density at radius 1 is 0.478 bits per heavy atom. The Labute approximate surface area is 275 Å². The lowest BCUT2D eigenvalue weighted by Gasteiger charge is -2.17. The third-order valence-electron chi connectivity index (χ3n) is 5.93. The Morgan fingerprint density at radius 2 is 0.761 bits per heavy atom. The predicted molar refractivity (Wildman–Crippen MR) is 169 cm³/mol. The van der Waals surface area contributed by atoms with Crippen LogP contribution < -0.4 is 0 Å². The maximum Gasteiger partial charge on any atom is 0.108 e. The number of rotatable bonds is 36. The Bertz CT molecular complexity index is 755. The first kappa shape index (κ1) is 42.7. The van der Waals surface area contributed by atoms with Crippen molar-refractivity contribution in [1.82, 2.24) is 15.0 Å². The monoisotopic (exact) mass is 667 g/mol. The maximum absolute atomic E-state index is 8.95. The van der Waals surface area contributed by atoms with Crippen LogP contribution in [-0.4, -0.2) is 165 Å². The highest BCUT2D eigenvalue weighted by Crippen LogP contribution is 2.17. The topological polar surface area (TPSA) is 152 Å². The molecular weight excluding hydrogens is 606 g/mol. The second kappa shape index (κ2) is 32.2. The summed E-state index contributed by atoms with van der Waals surface area (Å²) in [5, 5.41) is 16.6. The predicted octanol–water partition coefficient (Wildman–Crippen LogP) is 1.39. The molecule has 0 atom stereocenters. The maximum atomic E-state index is 8.95. The fourth-order valence-corrected chi connectivity index (χ4v) is 3.36. The standard InChI is InChI=1S/C31H61N3O12/c1-31(2,3)4-6-36-8-10-38-12-14-40-16-18-42-20-22-44-24-26-46-27-25-45-23-21-43-19-17-41-15-13-39-11-9-37-7-5-34-28-30(29-35)32-33-34/h28,35H,4-27,29H2,1-3H3. The average molecular weight is 668 g/mol. The third kappa shape index (κ3) is 31.3. The molecule has 0 aromatic carbocycles. The highest BCUT2D eigenvalue weighted by Gasteiger charge is 2.09. The summed E-state index contributed by atoms with van der Waals surface area (Å²) >= 11 is 0. The molecule has 1 heterocycles. The zero-order valence-electron chi connectivity index (χ0n) is 28.5. The molecule has 0 aliphatic rings. The van der Waals surface area contributed by atoms with Crippen LogP contribution in [0.3, 0.4) is 0 Å². The summed E-state index contributed by atoms with van der Waals surface area (Å²) in [5.41, 5.74) is 0.844. The molecule has 46 heavy (non-hydrogen) atoms. The second-order valence-corrected chi connectivity index (χ2v) is 11.2. The number of aromatic nitrogens is 3. The number of aliphatic hydroxyl groups is 1. The summed E-state index contributed by atoms with van der Waals surface area (Å²) < 4.78 is 62.0. The van der Waals surface area contributed by atoms with Crippen molar-refractivity contribution in [2.45, 2.75) is 40.3 Å². The van der Waals surface area contributed by atoms with Crippen LogP contribution in [0.5, 0.6) is 0 Å². The summed E-state index contributed by atoms with van der Waals surface area (Å²) in [6.07, 6.45) is 2.73. The number of aliphatic hydroxyl groups excluding tert-OH is 1. The Morgan fingerprint density at radius 3 is 1.02 bits per heavy atom. The highest BCUT2D eigenvalue weighted by molar-refractivity contribution is 4.88. The molecule has 272 valence electrons. The molecule has 0 unspecified atom stereocenters. The normalized spacial score (nSPS) is 12.0. The van der Waals surface area contributed by atoms with Gasteiger partial charge in [0.15, 0.2) is 0 Å². The summed E-state index contributed by atoms with van der Waals surface area (Å²) in [6.45, 7) is 18.8. The lowest BCUT2D eigenvalue weighted by molar-refractivity contribution is -0.0277. The third-order valence-corrected chi connectivity index (χ3v) is 5.93. The van der Waals surface area contributed by atoms with E-state index in [1.54, 1.807) is 10.9 Å². The van der Waals surface area contributed by atoms with Gasteiger partial charge < -0.3 is 57.2 Å². The molecule has 0 fully saturated rings. The zero-order chi connectivity index (χ0) is 33.2. The van der Waals surface area contributed by atoms with Gasteiger partial charge in [-0.2, -0.15) is 0 Å². The second-order valence-electron chi connectivity index (χ2n) is 11.2. The Balaban J connectivity index is 1.63. The van der Waals surface area contributed by atoms with Gasteiger partial charge in [-0.05, 0) is 11.8 Å². The number of ether oxygens (including phenoxy) is 11. The first-order valence-corrected chi connectivity index (χ1v) is 16.4. The minimum Gasteiger partial charge on any atom is -0.390 e. The smallest absolute Gasteiger partial charge is 0.108 e. The van der Waals surface area contributed by atoms with Crippen molar-refractivity contribution in [2.24, 2.45) is 5.41 Å². The minimum absolute atomic E-state index is 0.116. The molecule has 0 saturated carbocycles. The van der Waals surface area contributed by atoms with Gasteiger partial charge in [0, 0.05) is 6.61 Å². The minimum atomic E-state index is -0.116. The van der Waals surface area contributed by atoms with E-state index in [4.69, 9.17) is 57.2 Å². The van der Waals surface area contributed by atoms with Crippen LogP contribution in [0.2, 0.25) is 0 Å². The van der Waals surface area contributed by atoms with E-state index in [2.05, 4.69) is 31.1 Å². The molecule has 15 nitrogen and oxygen atoms in total. The average Bonchev–Trinajstić information content (AvgIpc) is 3.50. The summed E-state index contributed by atoms with van der Waals surface area (Å²) in [5.74, 6) is 0. The summed E-state index contributed by atoms with van der Waals surface area (Å²) in [4.78, 5) is 0. The molecule has 0 spiro atoms. The van der Waals surface area contributed by atoms with Gasteiger partial charge in [0.05, 0.1) is 158 Å². The van der Waals surface area contributed by atoms with E-state index in [9.17, 15) is 0 Å². The molecule has 1 aromatic heterocycles. The largest absolute Gasteiger partial charge is 0.390 e. The Kier molecular flexibility index (Phi) is 29.9. The van der Waals surface area contributed by atoms with Crippen molar-refractivity contribution in [3.63, 3.8) is 0 Å². The first-order chi connectivity index (χ1) is 22.5. The van der Waals surface area contributed by atoms with E-state index in [0.717, 1.165) is 13.0 Å². The van der Waals surface area contributed by atoms with E-state index in [1.165, 1.54) is 0 Å².